The molecular weight excluding hydrogens is 586 g/mol. The van der Waals surface area contributed by atoms with Crippen molar-refractivity contribution in [1.82, 2.24) is 29.4 Å². The van der Waals surface area contributed by atoms with E-state index in [0.717, 1.165) is 23.3 Å². The van der Waals surface area contributed by atoms with Gasteiger partial charge in [-0.05, 0) is 70.4 Å². The Morgan fingerprint density at radius 1 is 1.09 bits per heavy atom. The molecule has 0 atom stereocenters. The number of carbonyl (C=O) groups excluding carboxylic acids is 2. The average Bonchev–Trinajstić information content (AvgIpc) is 3.60. The lowest BCUT2D eigenvalue weighted by molar-refractivity contribution is -0.152. The summed E-state index contributed by atoms with van der Waals surface area (Å²) in [6.45, 7) is 8.45. The largest absolute Gasteiger partial charge is 0.493 e. The van der Waals surface area contributed by atoms with Gasteiger partial charge >= 0.3 is 12.1 Å². The number of fused-ring (bicyclic) bond motifs is 3. The van der Waals surface area contributed by atoms with Crippen molar-refractivity contribution in [3.8, 4) is 28.6 Å². The number of hydrogen-bond donors (Lipinski definition) is 0. The van der Waals surface area contributed by atoms with E-state index in [1.807, 2.05) is 39.0 Å². The van der Waals surface area contributed by atoms with Crippen LogP contribution in [0, 0.1) is 11.6 Å². The molecule has 0 bridgehead atoms. The van der Waals surface area contributed by atoms with Gasteiger partial charge in [-0.2, -0.15) is 19.9 Å². The molecule has 2 aliphatic rings. The first-order valence-electron chi connectivity index (χ1n) is 14.9. The first kappa shape index (κ1) is 30.2. The molecule has 1 saturated heterocycles. The van der Waals surface area contributed by atoms with Gasteiger partial charge in [0, 0.05) is 42.9 Å². The Balaban J connectivity index is 1.37. The van der Waals surface area contributed by atoms with Crippen molar-refractivity contribution >= 4 is 12.1 Å². The number of ether oxygens (including phenoxy) is 3. The van der Waals surface area contributed by atoms with Crippen molar-refractivity contribution in [3.05, 3.63) is 71.7 Å². The Bertz CT molecular complexity index is 1750. The van der Waals surface area contributed by atoms with Crippen LogP contribution in [0.2, 0.25) is 0 Å². The quantitative estimate of drug-likeness (QED) is 0.281. The second-order valence-corrected chi connectivity index (χ2v) is 12.1. The molecule has 0 N–H and O–H groups in total. The summed E-state index contributed by atoms with van der Waals surface area (Å²) in [7, 11) is 0. The molecule has 0 spiro atoms. The van der Waals surface area contributed by atoms with Gasteiger partial charge in [0.25, 0.3) is 5.95 Å². The molecule has 4 heterocycles. The van der Waals surface area contributed by atoms with Crippen LogP contribution in [0.1, 0.15) is 51.7 Å². The highest BCUT2D eigenvalue weighted by molar-refractivity contribution is 5.85. The molecule has 0 unspecified atom stereocenters. The summed E-state index contributed by atoms with van der Waals surface area (Å²) in [5.74, 6) is -1.04. The summed E-state index contributed by atoms with van der Waals surface area (Å²) in [5, 5.41) is 8.97. The first-order valence-corrected chi connectivity index (χ1v) is 14.9. The van der Waals surface area contributed by atoms with E-state index in [-0.39, 0.29) is 24.2 Å². The van der Waals surface area contributed by atoms with E-state index in [0.29, 0.717) is 56.0 Å². The Morgan fingerprint density at radius 2 is 1.87 bits per heavy atom. The number of hydrogen-bond acceptors (Lipinski definition) is 8. The highest BCUT2D eigenvalue weighted by Crippen LogP contribution is 2.43. The van der Waals surface area contributed by atoms with Crippen molar-refractivity contribution in [2.24, 2.45) is 0 Å². The molecule has 1 fully saturated rings. The maximum Gasteiger partial charge on any atom is 0.410 e. The Morgan fingerprint density at radius 3 is 2.58 bits per heavy atom. The van der Waals surface area contributed by atoms with Crippen molar-refractivity contribution in [3.63, 3.8) is 0 Å². The van der Waals surface area contributed by atoms with E-state index in [1.165, 1.54) is 21.8 Å². The van der Waals surface area contributed by atoms with Gasteiger partial charge in [0.05, 0.1) is 24.3 Å². The number of esters is 1. The van der Waals surface area contributed by atoms with E-state index in [4.69, 9.17) is 19.3 Å². The third-order valence-electron chi connectivity index (χ3n) is 8.01. The van der Waals surface area contributed by atoms with Gasteiger partial charge in [-0.15, -0.1) is 0 Å². The van der Waals surface area contributed by atoms with Gasteiger partial charge in [0.1, 0.15) is 29.2 Å². The number of piperidine rings is 1. The second-order valence-electron chi connectivity index (χ2n) is 12.1. The van der Waals surface area contributed by atoms with Crippen molar-refractivity contribution in [1.29, 1.82) is 0 Å². The standard InChI is InChI=1S/C32H34F2N6O5/c1-5-43-28(41)32(11-13-38(14-12-32)30(42)45-31(2,3)4)21-6-9-26-23(16-21)27-20(10-15-44-26)18-39(37-27)29-35-19-36-40(29)25-8-7-22(33)17-24(25)34/h6-9,16-19H,5,10-15H2,1-4H3. The predicted octanol–water partition coefficient (Wildman–Crippen LogP) is 5.16. The maximum absolute atomic E-state index is 14.7. The van der Waals surface area contributed by atoms with Crippen molar-refractivity contribution in [2.75, 3.05) is 26.3 Å². The predicted molar refractivity (Wildman–Crippen MR) is 158 cm³/mol. The summed E-state index contributed by atoms with van der Waals surface area (Å²) in [6, 6.07) is 8.82. The number of benzene rings is 2. The van der Waals surface area contributed by atoms with Gasteiger partial charge in [0.2, 0.25) is 0 Å². The van der Waals surface area contributed by atoms with Gasteiger partial charge in [-0.1, -0.05) is 6.07 Å². The topological polar surface area (TPSA) is 114 Å². The molecule has 0 saturated carbocycles. The molecule has 0 aliphatic carbocycles. The molecular formula is C32H34F2N6O5. The van der Waals surface area contributed by atoms with E-state index in [9.17, 15) is 18.4 Å². The van der Waals surface area contributed by atoms with E-state index >= 15 is 0 Å². The Kier molecular flexibility index (Phi) is 7.79. The molecule has 2 aromatic heterocycles. The monoisotopic (exact) mass is 620 g/mol. The summed E-state index contributed by atoms with van der Waals surface area (Å²) < 4.78 is 48.2. The minimum absolute atomic E-state index is 0.0229. The average molecular weight is 621 g/mol. The molecule has 236 valence electrons. The van der Waals surface area contributed by atoms with Crippen LogP contribution in [0.4, 0.5) is 13.6 Å². The molecule has 1 amide bonds. The van der Waals surface area contributed by atoms with Gasteiger partial charge in [0.15, 0.2) is 5.82 Å². The molecule has 2 aliphatic heterocycles. The van der Waals surface area contributed by atoms with E-state index in [2.05, 4.69) is 10.1 Å². The van der Waals surface area contributed by atoms with Crippen LogP contribution < -0.4 is 4.74 Å². The van der Waals surface area contributed by atoms with Crippen molar-refractivity contribution in [2.45, 2.75) is 58.0 Å². The number of likely N-dealkylation sites (tertiary alicyclic amines) is 1. The molecule has 45 heavy (non-hydrogen) atoms. The summed E-state index contributed by atoms with van der Waals surface area (Å²) in [4.78, 5) is 32.3. The number of nitrogens with zero attached hydrogens (tertiary/aromatic N) is 6. The van der Waals surface area contributed by atoms with Crippen LogP contribution in [0.3, 0.4) is 0 Å². The minimum Gasteiger partial charge on any atom is -0.493 e. The van der Waals surface area contributed by atoms with Gasteiger partial charge in [-0.25, -0.2) is 18.3 Å². The molecule has 4 aromatic rings. The lowest BCUT2D eigenvalue weighted by atomic mass is 9.72. The van der Waals surface area contributed by atoms with E-state index < -0.39 is 28.7 Å². The first-order chi connectivity index (χ1) is 21.5. The van der Waals surface area contributed by atoms with Crippen LogP contribution >= 0.6 is 0 Å². The molecule has 11 nitrogen and oxygen atoms in total. The Hall–Kier alpha value is -4.81. The molecule has 0 radical (unpaired) electrons. The summed E-state index contributed by atoms with van der Waals surface area (Å²) in [6.07, 6.45) is 3.86. The van der Waals surface area contributed by atoms with Crippen LogP contribution in [0.15, 0.2) is 48.9 Å². The summed E-state index contributed by atoms with van der Waals surface area (Å²) >= 11 is 0. The third kappa shape index (κ3) is 5.74. The normalized spacial score (nSPS) is 15.8. The fraction of sp³-hybridized carbons (Fsp3) is 0.406. The lowest BCUT2D eigenvalue weighted by Crippen LogP contribution is -2.50. The highest BCUT2D eigenvalue weighted by atomic mass is 19.1. The van der Waals surface area contributed by atoms with Crippen LogP contribution in [0.5, 0.6) is 5.75 Å². The third-order valence-corrected chi connectivity index (χ3v) is 8.01. The smallest absolute Gasteiger partial charge is 0.410 e. The fourth-order valence-electron chi connectivity index (χ4n) is 5.82. The number of rotatable bonds is 5. The SMILES string of the molecule is CCOC(=O)C1(c2ccc3c(c2)-c2nn(-c4ncnn4-c4ccc(F)cc4F)cc2CCO3)CCN(C(=O)OC(C)(C)C)CC1. The molecule has 6 rings (SSSR count). The molecule has 13 heteroatoms. The lowest BCUT2D eigenvalue weighted by Gasteiger charge is -2.40. The van der Waals surface area contributed by atoms with Crippen molar-refractivity contribution < 1.29 is 32.6 Å². The minimum atomic E-state index is -1.00. The maximum atomic E-state index is 14.7. The van der Waals surface area contributed by atoms with E-state index in [1.54, 1.807) is 18.0 Å². The van der Waals surface area contributed by atoms with Crippen LogP contribution in [0.25, 0.3) is 22.9 Å². The Labute approximate surface area is 258 Å². The van der Waals surface area contributed by atoms with Gasteiger partial charge in [-0.3, -0.25) is 4.79 Å². The second kappa shape index (κ2) is 11.6. The number of aromatic nitrogens is 5. The van der Waals surface area contributed by atoms with Gasteiger partial charge < -0.3 is 19.1 Å². The zero-order valence-electron chi connectivity index (χ0n) is 25.5. The zero-order valence-corrected chi connectivity index (χ0v) is 25.5. The van der Waals surface area contributed by atoms with Crippen LogP contribution in [-0.4, -0.2) is 73.4 Å². The fourth-order valence-corrected chi connectivity index (χ4v) is 5.82. The van der Waals surface area contributed by atoms with Crippen LogP contribution in [-0.2, 0) is 26.1 Å². The summed E-state index contributed by atoms with van der Waals surface area (Å²) in [5.41, 5.74) is 1.26. The molecule has 2 aromatic carbocycles. The number of halogens is 2. The highest BCUT2D eigenvalue weighted by Gasteiger charge is 2.46. The zero-order chi connectivity index (χ0) is 31.9. The number of amides is 1. The number of carbonyl (C=O) groups is 2.